The Morgan fingerprint density at radius 1 is 1.00 bits per heavy atom. The van der Waals surface area contributed by atoms with Crippen LogP contribution in [0.5, 0.6) is 0 Å². The van der Waals surface area contributed by atoms with E-state index in [1.807, 2.05) is 4.90 Å². The van der Waals surface area contributed by atoms with Gasteiger partial charge in [-0.05, 0) is 67.8 Å². The second kappa shape index (κ2) is 11.6. The Hall–Kier alpha value is -1.03. The number of aliphatic hydroxyl groups excluding tert-OH is 1. The SMILES string of the molecule is CC(O)N1CCN(CCCC2c3ccc(F)cc3Sc3ccc(C(F)(F)F)cc32)CC1.Cl.Cl. The van der Waals surface area contributed by atoms with E-state index >= 15 is 0 Å². The third kappa shape index (κ3) is 6.55. The minimum atomic E-state index is -4.39. The molecule has 2 heterocycles. The first-order chi connectivity index (χ1) is 14.7. The normalized spacial score (nSPS) is 19.6. The zero-order valence-electron chi connectivity index (χ0n) is 18.1. The first-order valence-corrected chi connectivity index (χ1v) is 11.4. The van der Waals surface area contributed by atoms with Gasteiger partial charge >= 0.3 is 6.18 Å². The van der Waals surface area contributed by atoms with Crippen LogP contribution < -0.4 is 0 Å². The van der Waals surface area contributed by atoms with Crippen molar-refractivity contribution in [2.45, 2.75) is 47.9 Å². The maximum Gasteiger partial charge on any atom is 0.416 e. The van der Waals surface area contributed by atoms with Gasteiger partial charge in [0.2, 0.25) is 0 Å². The van der Waals surface area contributed by atoms with Crippen LogP contribution in [0.4, 0.5) is 17.6 Å². The highest BCUT2D eigenvalue weighted by molar-refractivity contribution is 7.99. The number of aliphatic hydroxyl groups is 1. The van der Waals surface area contributed by atoms with Crippen molar-refractivity contribution >= 4 is 36.6 Å². The van der Waals surface area contributed by atoms with Gasteiger partial charge in [-0.2, -0.15) is 13.2 Å². The average molecular weight is 527 g/mol. The van der Waals surface area contributed by atoms with Crippen molar-refractivity contribution in [2.75, 3.05) is 32.7 Å². The lowest BCUT2D eigenvalue weighted by molar-refractivity contribution is -0.137. The monoisotopic (exact) mass is 526 g/mol. The van der Waals surface area contributed by atoms with Crippen molar-refractivity contribution in [3.8, 4) is 0 Å². The molecule has 10 heteroatoms. The summed E-state index contributed by atoms with van der Waals surface area (Å²) in [4.78, 5) is 5.90. The molecule has 184 valence electrons. The van der Waals surface area contributed by atoms with E-state index in [4.69, 9.17) is 0 Å². The van der Waals surface area contributed by atoms with Gasteiger partial charge in [-0.1, -0.05) is 17.8 Å². The number of piperazine rings is 1. The maximum atomic E-state index is 13.8. The minimum absolute atomic E-state index is 0. The molecule has 0 aromatic heterocycles. The van der Waals surface area contributed by atoms with Gasteiger partial charge in [0.1, 0.15) is 12.0 Å². The van der Waals surface area contributed by atoms with E-state index in [9.17, 15) is 22.7 Å². The van der Waals surface area contributed by atoms with Crippen LogP contribution in [0.1, 0.15) is 42.4 Å². The molecule has 2 atom stereocenters. The lowest BCUT2D eigenvalue weighted by Gasteiger charge is -2.36. The van der Waals surface area contributed by atoms with Gasteiger partial charge < -0.3 is 10.0 Å². The molecule has 0 spiro atoms. The molecule has 2 aliphatic heterocycles. The third-order valence-electron chi connectivity index (χ3n) is 6.19. The fourth-order valence-electron chi connectivity index (χ4n) is 4.45. The Morgan fingerprint density at radius 3 is 2.33 bits per heavy atom. The predicted octanol–water partition coefficient (Wildman–Crippen LogP) is 6.02. The van der Waals surface area contributed by atoms with Gasteiger partial charge in [-0.3, -0.25) is 4.90 Å². The van der Waals surface area contributed by atoms with Crippen LogP contribution in [0.15, 0.2) is 46.2 Å². The largest absolute Gasteiger partial charge is 0.416 e. The molecule has 1 N–H and O–H groups in total. The van der Waals surface area contributed by atoms with Crippen LogP contribution in [-0.4, -0.2) is 53.9 Å². The highest BCUT2D eigenvalue weighted by atomic mass is 35.5. The number of benzene rings is 2. The predicted molar refractivity (Wildman–Crippen MR) is 127 cm³/mol. The fourth-order valence-corrected chi connectivity index (χ4v) is 5.64. The Labute approximate surface area is 208 Å². The number of nitrogens with zero attached hydrogens (tertiary/aromatic N) is 2. The van der Waals surface area contributed by atoms with Crippen molar-refractivity contribution < 1.29 is 22.7 Å². The van der Waals surface area contributed by atoms with Crippen LogP contribution in [0, 0.1) is 5.82 Å². The van der Waals surface area contributed by atoms with Gasteiger partial charge in [0.05, 0.1) is 5.56 Å². The molecule has 1 saturated heterocycles. The number of alkyl halides is 3. The number of hydrogen-bond donors (Lipinski definition) is 1. The molecule has 2 unspecified atom stereocenters. The van der Waals surface area contributed by atoms with Crippen molar-refractivity contribution in [3.63, 3.8) is 0 Å². The summed E-state index contributed by atoms with van der Waals surface area (Å²) < 4.78 is 53.8. The van der Waals surface area contributed by atoms with E-state index in [-0.39, 0.29) is 36.5 Å². The summed E-state index contributed by atoms with van der Waals surface area (Å²) in [5.41, 5.74) is 0.937. The highest BCUT2D eigenvalue weighted by Gasteiger charge is 2.34. The Kier molecular flexibility index (Phi) is 9.92. The van der Waals surface area contributed by atoms with Gasteiger partial charge in [0.25, 0.3) is 0 Å². The first kappa shape index (κ1) is 28.2. The van der Waals surface area contributed by atoms with E-state index in [0.29, 0.717) is 12.0 Å². The van der Waals surface area contributed by atoms with Crippen LogP contribution in [0.25, 0.3) is 0 Å². The summed E-state index contributed by atoms with van der Waals surface area (Å²) in [6.07, 6.45) is -3.31. The maximum absolute atomic E-state index is 13.8. The van der Waals surface area contributed by atoms with Gasteiger partial charge in [-0.25, -0.2) is 4.39 Å². The molecule has 0 radical (unpaired) electrons. The molecule has 3 nitrogen and oxygen atoms in total. The Bertz CT molecular complexity index is 937. The summed E-state index contributed by atoms with van der Waals surface area (Å²) in [5.74, 6) is -0.524. The van der Waals surface area contributed by atoms with Crippen molar-refractivity contribution in [1.82, 2.24) is 9.80 Å². The molecule has 2 aliphatic rings. The average Bonchev–Trinajstić information content (AvgIpc) is 2.72. The molecule has 2 aromatic rings. The van der Waals surface area contributed by atoms with Crippen LogP contribution >= 0.6 is 36.6 Å². The van der Waals surface area contributed by atoms with Crippen LogP contribution in [0.2, 0.25) is 0 Å². The summed E-state index contributed by atoms with van der Waals surface area (Å²) in [6.45, 7) is 5.95. The molecule has 0 aliphatic carbocycles. The molecule has 0 saturated carbocycles. The zero-order chi connectivity index (χ0) is 22.2. The summed E-state index contributed by atoms with van der Waals surface area (Å²) in [6, 6.07) is 8.46. The summed E-state index contributed by atoms with van der Waals surface area (Å²) >= 11 is 1.34. The molecule has 0 amide bonds. The van der Waals surface area contributed by atoms with E-state index in [1.165, 1.54) is 36.0 Å². The highest BCUT2D eigenvalue weighted by Crippen LogP contribution is 2.49. The Morgan fingerprint density at radius 2 is 1.70 bits per heavy atom. The quantitative estimate of drug-likeness (QED) is 0.482. The zero-order valence-corrected chi connectivity index (χ0v) is 20.6. The number of halogens is 6. The van der Waals surface area contributed by atoms with Gasteiger partial charge in [0.15, 0.2) is 0 Å². The van der Waals surface area contributed by atoms with Crippen LogP contribution in [0.3, 0.4) is 0 Å². The smallest absolute Gasteiger partial charge is 0.379 e. The molecule has 0 bridgehead atoms. The molecule has 2 aromatic carbocycles. The molecule has 1 fully saturated rings. The molecular formula is C23H28Cl2F4N2OS. The Balaban J connectivity index is 0.00000193. The van der Waals surface area contributed by atoms with Gasteiger partial charge in [-0.15, -0.1) is 24.8 Å². The van der Waals surface area contributed by atoms with Crippen molar-refractivity contribution in [2.24, 2.45) is 0 Å². The fraction of sp³-hybridized carbons (Fsp3) is 0.478. The lowest BCUT2D eigenvalue weighted by atomic mass is 9.86. The number of rotatable bonds is 5. The van der Waals surface area contributed by atoms with Crippen molar-refractivity contribution in [1.29, 1.82) is 0 Å². The van der Waals surface area contributed by atoms with Crippen molar-refractivity contribution in [3.05, 3.63) is 58.9 Å². The first-order valence-electron chi connectivity index (χ1n) is 10.6. The standard InChI is InChI=1S/C23H26F4N2OS.2ClH/c1-15(30)29-11-9-28(10-12-29)8-2-3-18-19-6-5-17(24)14-22(19)31-21-7-4-16(13-20(18)21)23(25,26)27;;/h4-7,13-15,18,30H,2-3,8-12H2,1H3;2*1H. The summed E-state index contributed by atoms with van der Waals surface area (Å²) in [7, 11) is 0. The second-order valence-corrected chi connectivity index (χ2v) is 9.32. The molecule has 4 rings (SSSR count). The third-order valence-corrected chi connectivity index (χ3v) is 7.35. The minimum Gasteiger partial charge on any atom is -0.379 e. The topological polar surface area (TPSA) is 26.7 Å². The second-order valence-electron chi connectivity index (χ2n) is 8.24. The van der Waals surface area contributed by atoms with E-state index < -0.39 is 18.0 Å². The summed E-state index contributed by atoms with van der Waals surface area (Å²) in [5, 5.41) is 9.69. The van der Waals surface area contributed by atoms with E-state index in [2.05, 4.69) is 4.90 Å². The number of fused-ring (bicyclic) bond motifs is 2. The van der Waals surface area contributed by atoms with E-state index in [1.54, 1.807) is 13.0 Å². The van der Waals surface area contributed by atoms with Crippen LogP contribution in [-0.2, 0) is 6.18 Å². The number of hydrogen-bond acceptors (Lipinski definition) is 4. The molecular weight excluding hydrogens is 499 g/mol. The van der Waals surface area contributed by atoms with E-state index in [0.717, 1.165) is 60.6 Å². The van der Waals surface area contributed by atoms with Gasteiger partial charge in [0, 0.05) is 41.9 Å². The lowest BCUT2D eigenvalue weighted by Crippen LogP contribution is -2.49. The molecule has 33 heavy (non-hydrogen) atoms.